The molecule has 0 heterocycles. The molecule has 3 heteroatoms. The quantitative estimate of drug-likeness (QED) is 0.736. The monoisotopic (exact) mass is 188 g/mol. The number of anilines is 1. The molecule has 0 saturated carbocycles. The van der Waals surface area contributed by atoms with Gasteiger partial charge in [0, 0.05) is 7.11 Å². The average molecular weight is 188 g/mol. The second-order valence-electron chi connectivity index (χ2n) is 2.78. The van der Waals surface area contributed by atoms with Crippen LogP contribution in [0, 0.1) is 11.3 Å². The van der Waals surface area contributed by atoms with Crippen LogP contribution in [-0.4, -0.2) is 13.7 Å². The number of methoxy groups -OCH3 is 1. The summed E-state index contributed by atoms with van der Waals surface area (Å²) in [6, 6.07) is 7.46. The van der Waals surface area contributed by atoms with E-state index in [1.54, 1.807) is 13.2 Å². The van der Waals surface area contributed by atoms with Crippen molar-refractivity contribution in [1.82, 2.24) is 0 Å². The van der Waals surface area contributed by atoms with E-state index < -0.39 is 0 Å². The highest BCUT2D eigenvalue weighted by molar-refractivity contribution is 5.67. The molecule has 1 aromatic carbocycles. The van der Waals surface area contributed by atoms with Gasteiger partial charge in [-0.2, -0.15) is 5.26 Å². The van der Waals surface area contributed by atoms with Crippen LogP contribution < -0.4 is 5.73 Å². The molecule has 0 fully saturated rings. The van der Waals surface area contributed by atoms with Crippen molar-refractivity contribution >= 4 is 11.8 Å². The van der Waals surface area contributed by atoms with E-state index in [9.17, 15) is 0 Å². The van der Waals surface area contributed by atoms with E-state index in [-0.39, 0.29) is 0 Å². The third kappa shape index (κ3) is 2.35. The van der Waals surface area contributed by atoms with Gasteiger partial charge in [0.1, 0.15) is 6.07 Å². The first-order chi connectivity index (χ1) is 6.79. The Morgan fingerprint density at radius 1 is 1.57 bits per heavy atom. The number of ether oxygens (including phenoxy) is 1. The van der Waals surface area contributed by atoms with E-state index in [0.29, 0.717) is 17.9 Å². The largest absolute Gasteiger partial charge is 0.398 e. The van der Waals surface area contributed by atoms with Crippen molar-refractivity contribution in [2.75, 3.05) is 19.5 Å². The number of nitrogens with zero attached hydrogens (tertiary/aromatic N) is 1. The van der Waals surface area contributed by atoms with E-state index >= 15 is 0 Å². The Bertz CT molecular complexity index is 377. The number of benzene rings is 1. The molecule has 0 aliphatic carbocycles. The van der Waals surface area contributed by atoms with Crippen LogP contribution in [0.15, 0.2) is 24.3 Å². The summed E-state index contributed by atoms with van der Waals surface area (Å²) in [6.07, 6.45) is 3.67. The molecule has 0 spiro atoms. The van der Waals surface area contributed by atoms with E-state index in [2.05, 4.69) is 6.07 Å². The van der Waals surface area contributed by atoms with Crippen LogP contribution in [0.1, 0.15) is 11.1 Å². The summed E-state index contributed by atoms with van der Waals surface area (Å²) < 4.78 is 4.87. The van der Waals surface area contributed by atoms with Crippen LogP contribution in [0.25, 0.3) is 6.08 Å². The molecule has 0 aliphatic rings. The fourth-order valence-electron chi connectivity index (χ4n) is 1.13. The van der Waals surface area contributed by atoms with Gasteiger partial charge in [0.15, 0.2) is 0 Å². The van der Waals surface area contributed by atoms with Gasteiger partial charge < -0.3 is 10.5 Å². The highest BCUT2D eigenvalue weighted by Gasteiger charge is 2.01. The van der Waals surface area contributed by atoms with Gasteiger partial charge in [-0.05, 0) is 11.6 Å². The Labute approximate surface area is 83.4 Å². The lowest BCUT2D eigenvalue weighted by molar-refractivity contribution is 0.234. The van der Waals surface area contributed by atoms with Gasteiger partial charge in [0.05, 0.1) is 17.9 Å². The maximum absolute atomic E-state index is 8.86. The Kier molecular flexibility index (Phi) is 3.71. The predicted octanol–water partition coefficient (Wildman–Crippen LogP) is 1.80. The number of rotatable bonds is 3. The molecule has 0 unspecified atom stereocenters. The van der Waals surface area contributed by atoms with Gasteiger partial charge in [-0.15, -0.1) is 0 Å². The van der Waals surface area contributed by atoms with Crippen molar-refractivity contribution in [1.29, 1.82) is 5.26 Å². The lowest BCUT2D eigenvalue weighted by Gasteiger charge is -2.00. The fourth-order valence-corrected chi connectivity index (χ4v) is 1.13. The lowest BCUT2D eigenvalue weighted by Crippen LogP contribution is -1.92. The topological polar surface area (TPSA) is 59.0 Å². The lowest BCUT2D eigenvalue weighted by atomic mass is 10.1. The van der Waals surface area contributed by atoms with Crippen molar-refractivity contribution < 1.29 is 4.74 Å². The Morgan fingerprint density at radius 2 is 2.36 bits per heavy atom. The van der Waals surface area contributed by atoms with Crippen LogP contribution in [0.3, 0.4) is 0 Å². The summed E-state index contributed by atoms with van der Waals surface area (Å²) in [5.74, 6) is 0. The van der Waals surface area contributed by atoms with Crippen LogP contribution >= 0.6 is 0 Å². The molecule has 0 radical (unpaired) electrons. The summed E-state index contributed by atoms with van der Waals surface area (Å²) in [4.78, 5) is 0. The van der Waals surface area contributed by atoms with E-state index in [1.807, 2.05) is 24.3 Å². The third-order valence-electron chi connectivity index (χ3n) is 1.80. The van der Waals surface area contributed by atoms with Gasteiger partial charge in [-0.1, -0.05) is 24.3 Å². The highest BCUT2D eigenvalue weighted by Crippen LogP contribution is 2.16. The fraction of sp³-hybridized carbons (Fsp3) is 0.182. The second kappa shape index (κ2) is 5.05. The summed E-state index contributed by atoms with van der Waals surface area (Å²) in [5.41, 5.74) is 7.49. The first-order valence-corrected chi connectivity index (χ1v) is 4.23. The molecular formula is C11H12N2O. The number of hydrogen-bond acceptors (Lipinski definition) is 3. The Balaban J connectivity index is 2.98. The number of nitriles is 1. The first kappa shape index (κ1) is 10.3. The van der Waals surface area contributed by atoms with Crippen molar-refractivity contribution in [3.63, 3.8) is 0 Å². The normalized spacial score (nSPS) is 10.3. The van der Waals surface area contributed by atoms with E-state index in [4.69, 9.17) is 15.7 Å². The first-order valence-electron chi connectivity index (χ1n) is 4.23. The summed E-state index contributed by atoms with van der Waals surface area (Å²) in [6.45, 7) is 0.527. The molecule has 3 nitrogen and oxygen atoms in total. The maximum atomic E-state index is 8.86. The summed E-state index contributed by atoms with van der Waals surface area (Å²) >= 11 is 0. The van der Waals surface area contributed by atoms with Crippen LogP contribution in [0.5, 0.6) is 0 Å². The molecule has 0 amide bonds. The zero-order chi connectivity index (χ0) is 10.4. The molecule has 72 valence electrons. The average Bonchev–Trinajstić information content (AvgIpc) is 2.18. The molecule has 2 N–H and O–H groups in total. The standard InChI is InChI=1S/C11H12N2O/c1-14-7-3-5-9-4-2-6-11(13)10(9)8-12/h2-6H,7,13H2,1H3. The minimum absolute atomic E-state index is 0.507. The summed E-state index contributed by atoms with van der Waals surface area (Å²) in [7, 11) is 1.62. The van der Waals surface area contributed by atoms with Crippen molar-refractivity contribution in [2.24, 2.45) is 0 Å². The molecule has 0 bridgehead atoms. The SMILES string of the molecule is COCC=Cc1cccc(N)c1C#N. The van der Waals surface area contributed by atoms with Crippen molar-refractivity contribution in [3.8, 4) is 6.07 Å². The Hall–Kier alpha value is -1.79. The maximum Gasteiger partial charge on any atom is 0.102 e. The number of nitrogen functional groups attached to an aromatic ring is 1. The van der Waals surface area contributed by atoms with Crippen LogP contribution in [0.4, 0.5) is 5.69 Å². The molecule has 0 aliphatic heterocycles. The molecule has 0 aromatic heterocycles. The minimum atomic E-state index is 0.507. The zero-order valence-corrected chi connectivity index (χ0v) is 8.03. The van der Waals surface area contributed by atoms with Crippen molar-refractivity contribution in [3.05, 3.63) is 35.4 Å². The number of hydrogen-bond donors (Lipinski definition) is 1. The molecule has 14 heavy (non-hydrogen) atoms. The molecule has 1 aromatic rings. The van der Waals surface area contributed by atoms with Crippen molar-refractivity contribution in [2.45, 2.75) is 0 Å². The van der Waals surface area contributed by atoms with Crippen LogP contribution in [0.2, 0.25) is 0 Å². The van der Waals surface area contributed by atoms with E-state index in [0.717, 1.165) is 5.56 Å². The molecule has 0 atom stereocenters. The van der Waals surface area contributed by atoms with Gasteiger partial charge in [-0.3, -0.25) is 0 Å². The van der Waals surface area contributed by atoms with Gasteiger partial charge in [0.2, 0.25) is 0 Å². The van der Waals surface area contributed by atoms with Crippen LogP contribution in [-0.2, 0) is 4.74 Å². The summed E-state index contributed by atoms with van der Waals surface area (Å²) in [5, 5.41) is 8.86. The number of nitrogens with two attached hydrogens (primary N) is 1. The highest BCUT2D eigenvalue weighted by atomic mass is 16.5. The molecular weight excluding hydrogens is 176 g/mol. The van der Waals surface area contributed by atoms with E-state index in [1.165, 1.54) is 0 Å². The van der Waals surface area contributed by atoms with Gasteiger partial charge in [-0.25, -0.2) is 0 Å². The molecule has 0 saturated heterocycles. The third-order valence-corrected chi connectivity index (χ3v) is 1.80. The predicted molar refractivity (Wildman–Crippen MR) is 56.5 cm³/mol. The second-order valence-corrected chi connectivity index (χ2v) is 2.78. The molecule has 1 rings (SSSR count). The van der Waals surface area contributed by atoms with Gasteiger partial charge in [0.25, 0.3) is 0 Å². The Morgan fingerprint density at radius 3 is 3.00 bits per heavy atom. The van der Waals surface area contributed by atoms with Gasteiger partial charge >= 0.3 is 0 Å². The zero-order valence-electron chi connectivity index (χ0n) is 8.03. The smallest absolute Gasteiger partial charge is 0.102 e. The minimum Gasteiger partial charge on any atom is -0.398 e.